The molecule has 1 aliphatic carbocycles. The number of benzene rings is 3. The summed E-state index contributed by atoms with van der Waals surface area (Å²) in [6.45, 7) is 10.7. The number of nitrogens with one attached hydrogen (secondary N) is 1. The van der Waals surface area contributed by atoms with Gasteiger partial charge in [-0.2, -0.15) is 0 Å². The Morgan fingerprint density at radius 2 is 1.76 bits per heavy atom. The van der Waals surface area contributed by atoms with Crippen LogP contribution in [0.4, 0.5) is 5.69 Å². The Bertz CT molecular complexity index is 1630. The highest BCUT2D eigenvalue weighted by molar-refractivity contribution is 6.30. The molecule has 7 heteroatoms. The monoisotopic (exact) mass is 583 g/mol. The number of ether oxygens (including phenoxy) is 1. The van der Waals surface area contributed by atoms with Crippen molar-refractivity contribution in [2.75, 3.05) is 31.1 Å². The lowest BCUT2D eigenvalue weighted by Gasteiger charge is -2.43. The number of H-pyrrole nitrogens is 1. The zero-order chi connectivity index (χ0) is 29.4. The average Bonchev–Trinajstić information content (AvgIpc) is 3.45. The molecule has 0 bridgehead atoms. The van der Waals surface area contributed by atoms with Gasteiger partial charge in [0.2, 0.25) is 0 Å². The number of anilines is 1. The molecule has 3 aromatic carbocycles. The third kappa shape index (κ3) is 5.92. The highest BCUT2D eigenvalue weighted by Gasteiger charge is 2.32. The zero-order valence-electron chi connectivity index (χ0n) is 24.5. The number of rotatable bonds is 7. The van der Waals surface area contributed by atoms with Gasteiger partial charge in [0.15, 0.2) is 0 Å². The van der Waals surface area contributed by atoms with Gasteiger partial charge >= 0.3 is 5.97 Å². The van der Waals surface area contributed by atoms with Crippen molar-refractivity contribution in [2.24, 2.45) is 5.41 Å². The summed E-state index contributed by atoms with van der Waals surface area (Å²) in [6.07, 6.45) is 5.25. The van der Waals surface area contributed by atoms with E-state index in [0.29, 0.717) is 17.5 Å². The number of fused-ring (bicyclic) bond motifs is 1. The molecule has 1 atom stereocenters. The molecule has 42 heavy (non-hydrogen) atoms. The van der Waals surface area contributed by atoms with E-state index in [4.69, 9.17) is 16.3 Å². The summed E-state index contributed by atoms with van der Waals surface area (Å²) in [5.74, 6) is -0.0348. The second kappa shape index (κ2) is 11.5. The van der Waals surface area contributed by atoms with Crippen LogP contribution >= 0.6 is 11.6 Å². The number of halogens is 1. The number of aromatic carboxylic acids is 1. The summed E-state index contributed by atoms with van der Waals surface area (Å²) in [5.41, 5.74) is 6.73. The van der Waals surface area contributed by atoms with Crippen LogP contribution in [0, 0.1) is 5.41 Å². The summed E-state index contributed by atoms with van der Waals surface area (Å²) >= 11 is 6.22. The third-order valence-corrected chi connectivity index (χ3v) is 9.24. The molecule has 0 saturated carbocycles. The fourth-order valence-corrected chi connectivity index (χ4v) is 6.61. The van der Waals surface area contributed by atoms with Crippen LogP contribution in [0.1, 0.15) is 56.0 Å². The molecule has 1 unspecified atom stereocenters. The lowest BCUT2D eigenvalue weighted by atomic mass is 9.71. The predicted octanol–water partition coefficient (Wildman–Crippen LogP) is 8.49. The van der Waals surface area contributed by atoms with Crippen LogP contribution in [-0.4, -0.2) is 53.2 Å². The number of carbonyl (C=O) groups is 1. The van der Waals surface area contributed by atoms with Crippen molar-refractivity contribution in [1.82, 2.24) is 9.88 Å². The van der Waals surface area contributed by atoms with E-state index in [1.54, 1.807) is 11.6 Å². The van der Waals surface area contributed by atoms with E-state index >= 15 is 0 Å². The maximum absolute atomic E-state index is 12.0. The molecule has 1 fully saturated rings. The molecule has 6 nitrogen and oxygen atoms in total. The molecular weight excluding hydrogens is 546 g/mol. The van der Waals surface area contributed by atoms with E-state index in [9.17, 15) is 9.90 Å². The van der Waals surface area contributed by atoms with Crippen LogP contribution < -0.4 is 9.64 Å². The van der Waals surface area contributed by atoms with Crippen molar-refractivity contribution in [2.45, 2.75) is 46.1 Å². The van der Waals surface area contributed by atoms with Crippen molar-refractivity contribution >= 4 is 39.7 Å². The average molecular weight is 584 g/mol. The molecule has 2 N–H and O–H groups in total. The second-order valence-electron chi connectivity index (χ2n) is 12.4. The van der Waals surface area contributed by atoms with Gasteiger partial charge in [0.05, 0.1) is 0 Å². The third-order valence-electron chi connectivity index (χ3n) is 8.99. The van der Waals surface area contributed by atoms with Crippen LogP contribution in [0.3, 0.4) is 0 Å². The predicted molar refractivity (Wildman–Crippen MR) is 171 cm³/mol. The van der Waals surface area contributed by atoms with Crippen molar-refractivity contribution in [3.63, 3.8) is 0 Å². The summed E-state index contributed by atoms with van der Waals surface area (Å²) < 4.78 is 6.15. The fourth-order valence-electron chi connectivity index (χ4n) is 6.48. The number of allylic oxidation sites excluding steroid dienone is 1. The van der Waals surface area contributed by atoms with Gasteiger partial charge in [0, 0.05) is 66.1 Å². The number of aromatic nitrogens is 1. The van der Waals surface area contributed by atoms with Crippen molar-refractivity contribution in [1.29, 1.82) is 0 Å². The quantitative estimate of drug-likeness (QED) is 0.228. The molecule has 1 aromatic heterocycles. The summed E-state index contributed by atoms with van der Waals surface area (Å²) in [4.78, 5) is 20.1. The summed E-state index contributed by atoms with van der Waals surface area (Å²) in [5, 5.41) is 11.6. The number of hydrogen-bond donors (Lipinski definition) is 2. The van der Waals surface area contributed by atoms with Crippen LogP contribution in [0.15, 0.2) is 78.5 Å². The van der Waals surface area contributed by atoms with Gasteiger partial charge in [-0.15, -0.1) is 0 Å². The molecule has 218 valence electrons. The fraction of sp³-hybridized carbons (Fsp3) is 0.343. The lowest BCUT2D eigenvalue weighted by molar-refractivity contribution is 0.0694. The van der Waals surface area contributed by atoms with Gasteiger partial charge in [0.25, 0.3) is 0 Å². The topological polar surface area (TPSA) is 68.8 Å². The van der Waals surface area contributed by atoms with Crippen LogP contribution in [0.2, 0.25) is 5.02 Å². The molecule has 0 spiro atoms. The minimum atomic E-state index is -1.00. The molecule has 6 rings (SSSR count). The zero-order valence-corrected chi connectivity index (χ0v) is 25.2. The van der Waals surface area contributed by atoms with E-state index in [-0.39, 0.29) is 11.0 Å². The normalized spacial score (nSPS) is 18.3. The van der Waals surface area contributed by atoms with Crippen LogP contribution in [0.5, 0.6) is 11.5 Å². The number of carboxylic acids is 1. The Balaban J connectivity index is 1.19. The molecular formula is C35H38ClN3O3. The molecule has 0 radical (unpaired) electrons. The van der Waals surface area contributed by atoms with Crippen molar-refractivity contribution in [3.05, 3.63) is 94.6 Å². The first kappa shape index (κ1) is 28.4. The summed E-state index contributed by atoms with van der Waals surface area (Å²) in [6, 6.07) is 21.8. The van der Waals surface area contributed by atoms with Gasteiger partial charge in [0.1, 0.15) is 17.1 Å². The smallest absolute Gasteiger partial charge is 0.339 e. The Labute approximate surface area is 252 Å². The number of piperazine rings is 1. The molecule has 1 saturated heterocycles. The molecule has 0 amide bonds. The minimum Gasteiger partial charge on any atom is -0.478 e. The first-order valence-electron chi connectivity index (χ1n) is 14.8. The largest absolute Gasteiger partial charge is 0.478 e. The van der Waals surface area contributed by atoms with Gasteiger partial charge in [-0.25, -0.2) is 4.79 Å². The van der Waals surface area contributed by atoms with Crippen molar-refractivity contribution < 1.29 is 14.6 Å². The lowest BCUT2D eigenvalue weighted by Crippen LogP contribution is -2.50. The molecule has 2 aliphatic rings. The highest BCUT2D eigenvalue weighted by Crippen LogP contribution is 2.45. The molecule has 4 aromatic rings. The van der Waals surface area contributed by atoms with E-state index in [1.165, 1.54) is 17.6 Å². The van der Waals surface area contributed by atoms with E-state index in [0.717, 1.165) is 60.6 Å². The number of carboxylic acid groups (broad SMARTS) is 1. The highest BCUT2D eigenvalue weighted by atomic mass is 35.5. The first-order valence-corrected chi connectivity index (χ1v) is 15.1. The number of hydrogen-bond acceptors (Lipinski definition) is 4. The number of aromatic amines is 1. The molecule has 2 heterocycles. The SMILES string of the molecule is CC(C1=C(c2ccc(Cl)cc2)CC(C)(C)CC1)N1CCN(c2ccc(C(=O)O)c(Oc3ccc4[nH]ccc4c3)c2)CC1. The van der Waals surface area contributed by atoms with Gasteiger partial charge in [-0.3, -0.25) is 4.90 Å². The number of nitrogens with zero attached hydrogens (tertiary/aromatic N) is 2. The van der Waals surface area contributed by atoms with E-state index in [2.05, 4.69) is 47.7 Å². The van der Waals surface area contributed by atoms with E-state index in [1.807, 2.05) is 54.7 Å². The Kier molecular flexibility index (Phi) is 7.77. The summed E-state index contributed by atoms with van der Waals surface area (Å²) in [7, 11) is 0. The maximum atomic E-state index is 12.0. The van der Waals surface area contributed by atoms with Gasteiger partial charge in [-0.05, 0) is 96.8 Å². The second-order valence-corrected chi connectivity index (χ2v) is 12.8. The molecule has 1 aliphatic heterocycles. The van der Waals surface area contributed by atoms with Crippen LogP contribution in [0.25, 0.3) is 16.5 Å². The Hall–Kier alpha value is -3.74. The Morgan fingerprint density at radius 1 is 1.00 bits per heavy atom. The minimum absolute atomic E-state index is 0.155. The maximum Gasteiger partial charge on any atom is 0.339 e. The van der Waals surface area contributed by atoms with Crippen molar-refractivity contribution in [3.8, 4) is 11.5 Å². The van der Waals surface area contributed by atoms with Gasteiger partial charge in [-0.1, -0.05) is 37.6 Å². The first-order chi connectivity index (χ1) is 20.2. The standard InChI is InChI=1S/C35H38ClN3O3/c1-23(29-12-14-35(2,3)22-31(29)24-4-6-26(36)7-5-24)38-16-18-39(19-17-38)27-8-10-30(34(40)41)33(21-27)42-28-9-11-32-25(20-28)13-15-37-32/h4-11,13,15,20-21,23,37H,12,14,16-19,22H2,1-3H3,(H,40,41). The van der Waals surface area contributed by atoms with Gasteiger partial charge < -0.3 is 19.7 Å². The van der Waals surface area contributed by atoms with E-state index < -0.39 is 5.97 Å². The Morgan fingerprint density at radius 3 is 2.50 bits per heavy atom. The van der Waals surface area contributed by atoms with Crippen LogP contribution in [-0.2, 0) is 0 Å².